The van der Waals surface area contributed by atoms with Gasteiger partial charge in [0.15, 0.2) is 11.5 Å². The van der Waals surface area contributed by atoms with E-state index in [-0.39, 0.29) is 0 Å². The van der Waals surface area contributed by atoms with Gasteiger partial charge in [-0.3, -0.25) is 4.90 Å². The molecule has 0 aromatic carbocycles. The minimum absolute atomic E-state index is 0.366. The summed E-state index contributed by atoms with van der Waals surface area (Å²) in [7, 11) is 0. The molecule has 1 aromatic rings. The van der Waals surface area contributed by atoms with E-state index in [1.165, 1.54) is 0 Å². The van der Waals surface area contributed by atoms with E-state index in [0.717, 1.165) is 45.2 Å². The molecule has 20 heavy (non-hydrogen) atoms. The quantitative estimate of drug-likeness (QED) is 0.782. The maximum Gasteiger partial charge on any atom is 0.163 e. The fourth-order valence-electron chi connectivity index (χ4n) is 3.07. The SMILES string of the molecule is CC1CN(c2ccc(C#N)nn2)CC1N1CCOCC1. The van der Waals surface area contributed by atoms with Crippen molar-refractivity contribution in [2.75, 3.05) is 44.3 Å². The second kappa shape index (κ2) is 5.73. The summed E-state index contributed by atoms with van der Waals surface area (Å²) in [6.45, 7) is 7.95. The molecule has 0 amide bonds. The lowest BCUT2D eigenvalue weighted by atomic mass is 10.0. The molecule has 3 heterocycles. The standard InChI is InChI=1S/C14H19N5O/c1-11-9-19(14-3-2-12(8-15)16-17-14)10-13(11)18-4-6-20-7-5-18/h2-3,11,13H,4-7,9-10H2,1H3. The topological polar surface area (TPSA) is 65.3 Å². The highest BCUT2D eigenvalue weighted by Gasteiger charge is 2.35. The van der Waals surface area contributed by atoms with Crippen molar-refractivity contribution in [2.45, 2.75) is 13.0 Å². The van der Waals surface area contributed by atoms with E-state index < -0.39 is 0 Å². The van der Waals surface area contributed by atoms with Crippen LogP contribution in [-0.2, 0) is 4.74 Å². The molecule has 0 spiro atoms. The molecule has 0 saturated carbocycles. The van der Waals surface area contributed by atoms with Gasteiger partial charge in [-0.1, -0.05) is 6.92 Å². The zero-order valence-corrected chi connectivity index (χ0v) is 11.7. The highest BCUT2D eigenvalue weighted by molar-refractivity contribution is 5.41. The fourth-order valence-corrected chi connectivity index (χ4v) is 3.07. The van der Waals surface area contributed by atoms with Gasteiger partial charge in [-0.15, -0.1) is 10.2 Å². The number of hydrogen-bond acceptors (Lipinski definition) is 6. The van der Waals surface area contributed by atoms with Crippen molar-refractivity contribution in [2.24, 2.45) is 5.92 Å². The van der Waals surface area contributed by atoms with E-state index in [0.29, 0.717) is 17.7 Å². The first-order valence-electron chi connectivity index (χ1n) is 7.08. The molecule has 3 rings (SSSR count). The van der Waals surface area contributed by atoms with E-state index >= 15 is 0 Å². The molecule has 2 aliphatic heterocycles. The maximum absolute atomic E-state index is 8.76. The zero-order chi connectivity index (χ0) is 13.9. The Morgan fingerprint density at radius 1 is 1.25 bits per heavy atom. The molecule has 2 fully saturated rings. The van der Waals surface area contributed by atoms with Gasteiger partial charge in [-0.2, -0.15) is 5.26 Å². The average molecular weight is 273 g/mol. The van der Waals surface area contributed by atoms with Crippen LogP contribution in [0, 0.1) is 17.2 Å². The Balaban J connectivity index is 1.69. The van der Waals surface area contributed by atoms with Gasteiger partial charge in [0.2, 0.25) is 0 Å². The molecule has 0 bridgehead atoms. The van der Waals surface area contributed by atoms with Crippen molar-refractivity contribution < 1.29 is 4.74 Å². The van der Waals surface area contributed by atoms with Gasteiger partial charge in [0.1, 0.15) is 6.07 Å². The van der Waals surface area contributed by atoms with E-state index in [9.17, 15) is 0 Å². The molecule has 2 atom stereocenters. The highest BCUT2D eigenvalue weighted by Crippen LogP contribution is 2.26. The smallest absolute Gasteiger partial charge is 0.163 e. The highest BCUT2D eigenvalue weighted by atomic mass is 16.5. The Bertz CT molecular complexity index is 491. The van der Waals surface area contributed by atoms with Crippen LogP contribution in [-0.4, -0.2) is 60.5 Å². The molecule has 6 nitrogen and oxygen atoms in total. The molecule has 2 aliphatic rings. The Morgan fingerprint density at radius 3 is 2.70 bits per heavy atom. The van der Waals surface area contributed by atoms with Gasteiger partial charge in [0.25, 0.3) is 0 Å². The van der Waals surface area contributed by atoms with Crippen molar-refractivity contribution in [1.82, 2.24) is 15.1 Å². The normalized spacial score (nSPS) is 27.5. The van der Waals surface area contributed by atoms with Crippen LogP contribution in [0.1, 0.15) is 12.6 Å². The van der Waals surface area contributed by atoms with Crippen LogP contribution in [0.3, 0.4) is 0 Å². The van der Waals surface area contributed by atoms with E-state index in [1.807, 2.05) is 12.1 Å². The Hall–Kier alpha value is -1.71. The van der Waals surface area contributed by atoms with Crippen LogP contribution >= 0.6 is 0 Å². The van der Waals surface area contributed by atoms with Gasteiger partial charge in [-0.25, -0.2) is 0 Å². The van der Waals surface area contributed by atoms with Crippen molar-refractivity contribution in [3.63, 3.8) is 0 Å². The monoisotopic (exact) mass is 273 g/mol. The second-order valence-electron chi connectivity index (χ2n) is 5.49. The third-order valence-corrected chi connectivity index (χ3v) is 4.18. The molecule has 0 radical (unpaired) electrons. The molecular formula is C14H19N5O. The van der Waals surface area contributed by atoms with E-state index in [2.05, 4.69) is 26.9 Å². The number of rotatable bonds is 2. The molecule has 0 aliphatic carbocycles. The van der Waals surface area contributed by atoms with E-state index in [4.69, 9.17) is 10.00 Å². The largest absolute Gasteiger partial charge is 0.379 e. The molecule has 2 unspecified atom stereocenters. The van der Waals surface area contributed by atoms with Crippen LogP contribution in [0.5, 0.6) is 0 Å². The summed E-state index contributed by atoms with van der Waals surface area (Å²) in [5.41, 5.74) is 0.366. The first kappa shape index (κ1) is 13.3. The molecular weight excluding hydrogens is 254 g/mol. The third kappa shape index (κ3) is 2.60. The number of ether oxygens (including phenoxy) is 1. The first-order valence-corrected chi connectivity index (χ1v) is 7.08. The van der Waals surface area contributed by atoms with Gasteiger partial charge >= 0.3 is 0 Å². The Labute approximate surface area is 119 Å². The van der Waals surface area contributed by atoms with Crippen LogP contribution in [0.4, 0.5) is 5.82 Å². The lowest BCUT2D eigenvalue weighted by Crippen LogP contribution is -2.46. The lowest BCUT2D eigenvalue weighted by Gasteiger charge is -2.34. The number of nitrogens with zero attached hydrogens (tertiary/aromatic N) is 5. The van der Waals surface area contributed by atoms with Gasteiger partial charge < -0.3 is 9.64 Å². The Kier molecular flexibility index (Phi) is 3.81. The second-order valence-corrected chi connectivity index (χ2v) is 5.49. The molecule has 106 valence electrons. The number of nitriles is 1. The van der Waals surface area contributed by atoms with Crippen molar-refractivity contribution in [1.29, 1.82) is 5.26 Å². The van der Waals surface area contributed by atoms with Gasteiger partial charge in [-0.05, 0) is 18.1 Å². The predicted octanol–water partition coefficient (Wildman–Crippen LogP) is 0.505. The van der Waals surface area contributed by atoms with Crippen LogP contribution < -0.4 is 4.90 Å². The van der Waals surface area contributed by atoms with Crippen LogP contribution in [0.2, 0.25) is 0 Å². The minimum atomic E-state index is 0.366. The predicted molar refractivity (Wildman–Crippen MR) is 74.3 cm³/mol. The third-order valence-electron chi connectivity index (χ3n) is 4.18. The van der Waals surface area contributed by atoms with Gasteiger partial charge in [0.05, 0.1) is 13.2 Å². The number of aromatic nitrogens is 2. The maximum atomic E-state index is 8.76. The van der Waals surface area contributed by atoms with Crippen molar-refractivity contribution in [3.8, 4) is 6.07 Å². The molecule has 0 N–H and O–H groups in total. The Morgan fingerprint density at radius 2 is 2.05 bits per heavy atom. The molecule has 1 aromatic heterocycles. The summed E-state index contributed by atoms with van der Waals surface area (Å²) in [4.78, 5) is 4.78. The summed E-state index contributed by atoms with van der Waals surface area (Å²) in [5, 5.41) is 16.8. The van der Waals surface area contributed by atoms with Crippen LogP contribution in [0.25, 0.3) is 0 Å². The van der Waals surface area contributed by atoms with Crippen molar-refractivity contribution in [3.05, 3.63) is 17.8 Å². The summed E-state index contributed by atoms with van der Waals surface area (Å²) < 4.78 is 5.42. The fraction of sp³-hybridized carbons (Fsp3) is 0.643. The first-order chi connectivity index (χ1) is 9.78. The summed E-state index contributed by atoms with van der Waals surface area (Å²) >= 11 is 0. The van der Waals surface area contributed by atoms with Crippen LogP contribution in [0.15, 0.2) is 12.1 Å². The summed E-state index contributed by atoms with van der Waals surface area (Å²) in [5.74, 6) is 1.47. The summed E-state index contributed by atoms with van der Waals surface area (Å²) in [6, 6.07) is 6.17. The number of anilines is 1. The number of hydrogen-bond donors (Lipinski definition) is 0. The zero-order valence-electron chi connectivity index (χ0n) is 11.7. The van der Waals surface area contributed by atoms with Gasteiger partial charge in [0, 0.05) is 32.2 Å². The van der Waals surface area contributed by atoms with E-state index in [1.54, 1.807) is 6.07 Å². The molecule has 2 saturated heterocycles. The average Bonchev–Trinajstić information content (AvgIpc) is 2.90. The summed E-state index contributed by atoms with van der Waals surface area (Å²) in [6.07, 6.45) is 0. The van der Waals surface area contributed by atoms with Crippen molar-refractivity contribution >= 4 is 5.82 Å². The molecule has 6 heteroatoms. The lowest BCUT2D eigenvalue weighted by molar-refractivity contribution is 0.0134. The minimum Gasteiger partial charge on any atom is -0.379 e. The number of morpholine rings is 1.